The summed E-state index contributed by atoms with van der Waals surface area (Å²) >= 11 is 0. The van der Waals surface area contributed by atoms with Gasteiger partial charge in [0, 0.05) is 17.1 Å². The van der Waals surface area contributed by atoms with Crippen molar-refractivity contribution < 1.29 is 9.18 Å². The predicted octanol–water partition coefficient (Wildman–Crippen LogP) is 10.9. The topological polar surface area (TPSA) is 46.3 Å². The van der Waals surface area contributed by atoms with E-state index in [2.05, 4.69) is 94.5 Å². The van der Waals surface area contributed by atoms with Crippen LogP contribution in [0.4, 0.5) is 10.1 Å². The highest BCUT2D eigenvalue weighted by Crippen LogP contribution is 2.49. The Bertz CT molecular complexity index is 1520. The van der Waals surface area contributed by atoms with Crippen molar-refractivity contribution in [2.45, 2.75) is 110 Å². The first kappa shape index (κ1) is 34.8. The lowest BCUT2D eigenvalue weighted by atomic mass is 9.64. The number of nitrogens with zero attached hydrogens (tertiary/aromatic N) is 1. The number of hydrogen-bond acceptors (Lipinski definition) is 2. The van der Waals surface area contributed by atoms with E-state index in [4.69, 9.17) is 5.73 Å². The summed E-state index contributed by atoms with van der Waals surface area (Å²) in [5.74, 6) is 0.537. The molecule has 0 saturated carbocycles. The van der Waals surface area contributed by atoms with Crippen molar-refractivity contribution >= 4 is 17.2 Å². The number of hydrogen-bond donors (Lipinski definition) is 1. The number of halogens is 1. The molecule has 0 aromatic heterocycles. The molecule has 0 radical (unpaired) electrons. The SMILES string of the molecule is CCCCCCCC(C)CCc1cccc(C2=CCC(C)(C3C(CCC(N)c4ccc(F)cc4)C(=O)N3c3ccc(C)cc3)C=C2)c1. The van der Waals surface area contributed by atoms with Crippen LogP contribution in [0.5, 0.6) is 0 Å². The van der Waals surface area contributed by atoms with Gasteiger partial charge in [-0.2, -0.15) is 0 Å². The zero-order valence-electron chi connectivity index (χ0n) is 29.1. The third kappa shape index (κ3) is 8.70. The Kier molecular flexibility index (Phi) is 11.9. The summed E-state index contributed by atoms with van der Waals surface area (Å²) in [5, 5.41) is 0. The standard InChI is InChI=1S/C43H55FN2O/c1-5-6-7-8-9-11-31(2)14-17-33-12-10-13-36(30-33)34-26-28-43(4,29-27-34)41-39(24-25-40(45)35-18-20-37(44)21-19-35)42(47)46(41)38-22-15-32(3)16-23-38/h10,12-13,15-16,18-23,26-28,30-31,39-41H,5-9,11,14,17,24-25,29,45H2,1-4H3. The van der Waals surface area contributed by atoms with Crippen molar-refractivity contribution in [3.63, 3.8) is 0 Å². The highest BCUT2D eigenvalue weighted by Gasteiger charge is 2.55. The fraction of sp³-hybridized carbons (Fsp3) is 0.465. The van der Waals surface area contributed by atoms with Crippen molar-refractivity contribution in [2.75, 3.05) is 4.90 Å². The lowest BCUT2D eigenvalue weighted by Gasteiger charge is -2.55. The Balaban J connectivity index is 1.26. The second-order valence-electron chi connectivity index (χ2n) is 14.6. The second kappa shape index (κ2) is 16.1. The molecule has 1 aliphatic carbocycles. The van der Waals surface area contributed by atoms with Gasteiger partial charge >= 0.3 is 0 Å². The largest absolute Gasteiger partial charge is 0.324 e. The smallest absolute Gasteiger partial charge is 0.232 e. The Hall–Kier alpha value is -3.50. The number of carbonyl (C=O) groups is 1. The van der Waals surface area contributed by atoms with Gasteiger partial charge in [-0.1, -0.05) is 132 Å². The molecule has 5 rings (SSSR count). The van der Waals surface area contributed by atoms with E-state index in [0.717, 1.165) is 30.0 Å². The van der Waals surface area contributed by atoms with E-state index in [1.54, 1.807) is 12.1 Å². The summed E-state index contributed by atoms with van der Waals surface area (Å²) in [5.41, 5.74) is 13.3. The van der Waals surface area contributed by atoms with Crippen LogP contribution in [0.25, 0.3) is 5.57 Å². The second-order valence-corrected chi connectivity index (χ2v) is 14.6. The van der Waals surface area contributed by atoms with Gasteiger partial charge in [0.2, 0.25) is 5.91 Å². The van der Waals surface area contributed by atoms with Crippen LogP contribution in [0, 0.1) is 30.0 Å². The van der Waals surface area contributed by atoms with Gasteiger partial charge in [-0.25, -0.2) is 4.39 Å². The van der Waals surface area contributed by atoms with Crippen LogP contribution in [0.2, 0.25) is 0 Å². The highest BCUT2D eigenvalue weighted by molar-refractivity contribution is 6.03. The van der Waals surface area contributed by atoms with Gasteiger partial charge < -0.3 is 10.6 Å². The average molecular weight is 635 g/mol. The monoisotopic (exact) mass is 634 g/mol. The van der Waals surface area contributed by atoms with Crippen LogP contribution in [0.1, 0.15) is 113 Å². The van der Waals surface area contributed by atoms with Crippen LogP contribution in [-0.2, 0) is 11.2 Å². The minimum absolute atomic E-state index is 0.0296. The summed E-state index contributed by atoms with van der Waals surface area (Å²) in [4.78, 5) is 15.8. The van der Waals surface area contributed by atoms with E-state index < -0.39 is 0 Å². The van der Waals surface area contributed by atoms with E-state index in [1.807, 2.05) is 4.90 Å². The Morgan fingerprint density at radius 1 is 0.957 bits per heavy atom. The molecule has 1 aliphatic heterocycles. The van der Waals surface area contributed by atoms with Crippen LogP contribution in [0.15, 0.2) is 91.0 Å². The van der Waals surface area contributed by atoms with E-state index in [9.17, 15) is 9.18 Å². The predicted molar refractivity (Wildman–Crippen MR) is 196 cm³/mol. The minimum atomic E-state index is -0.266. The molecule has 1 amide bonds. The van der Waals surface area contributed by atoms with Crippen molar-refractivity contribution in [1.82, 2.24) is 0 Å². The zero-order chi connectivity index (χ0) is 33.4. The number of unbranched alkanes of at least 4 members (excludes halogenated alkanes) is 4. The van der Waals surface area contributed by atoms with Crippen LogP contribution >= 0.6 is 0 Å². The molecular formula is C43H55FN2O. The first-order valence-electron chi connectivity index (χ1n) is 18.1. The first-order valence-corrected chi connectivity index (χ1v) is 18.1. The molecule has 2 aliphatic rings. The van der Waals surface area contributed by atoms with E-state index in [0.29, 0.717) is 12.8 Å². The summed E-state index contributed by atoms with van der Waals surface area (Å²) in [7, 11) is 0. The van der Waals surface area contributed by atoms with Gasteiger partial charge in [-0.15, -0.1) is 0 Å². The number of amides is 1. The van der Waals surface area contributed by atoms with Crippen LogP contribution < -0.4 is 10.6 Å². The van der Waals surface area contributed by atoms with Crippen molar-refractivity contribution in [2.24, 2.45) is 23.0 Å². The molecule has 4 heteroatoms. The molecule has 0 bridgehead atoms. The third-order valence-electron chi connectivity index (χ3n) is 10.7. The van der Waals surface area contributed by atoms with Crippen molar-refractivity contribution in [3.05, 3.63) is 119 Å². The Morgan fingerprint density at radius 3 is 2.40 bits per heavy atom. The number of rotatable bonds is 16. The molecule has 3 aromatic rings. The summed E-state index contributed by atoms with van der Waals surface area (Å²) in [6.07, 6.45) is 19.7. The normalized spacial score (nSPS) is 22.1. The zero-order valence-corrected chi connectivity index (χ0v) is 29.1. The third-order valence-corrected chi connectivity index (χ3v) is 10.7. The molecular weight excluding hydrogens is 579 g/mol. The number of anilines is 1. The van der Waals surface area contributed by atoms with Crippen molar-refractivity contribution in [1.29, 1.82) is 0 Å². The highest BCUT2D eigenvalue weighted by atomic mass is 19.1. The molecule has 1 saturated heterocycles. The molecule has 3 aromatic carbocycles. The molecule has 1 fully saturated rings. The quantitative estimate of drug-likeness (QED) is 0.126. The molecule has 5 unspecified atom stereocenters. The molecule has 5 atom stereocenters. The number of carbonyl (C=O) groups excluding carboxylic acids is 1. The Labute approximate surface area is 283 Å². The maximum absolute atomic E-state index is 13.8. The lowest BCUT2D eigenvalue weighted by Crippen LogP contribution is -2.67. The maximum Gasteiger partial charge on any atom is 0.232 e. The van der Waals surface area contributed by atoms with Gasteiger partial charge in [0.1, 0.15) is 5.82 Å². The van der Waals surface area contributed by atoms with E-state index in [-0.39, 0.29) is 35.1 Å². The van der Waals surface area contributed by atoms with Gasteiger partial charge in [-0.3, -0.25) is 4.79 Å². The van der Waals surface area contributed by atoms with Crippen molar-refractivity contribution in [3.8, 4) is 0 Å². The molecule has 1 heterocycles. The fourth-order valence-electron chi connectivity index (χ4n) is 7.55. The van der Waals surface area contributed by atoms with Crippen LogP contribution in [-0.4, -0.2) is 11.9 Å². The molecule has 0 spiro atoms. The number of β-lactam (4-membered cyclic amide) rings is 1. The lowest BCUT2D eigenvalue weighted by molar-refractivity contribution is -0.133. The summed E-state index contributed by atoms with van der Waals surface area (Å²) in [6, 6.07) is 23.6. The number of nitrogens with two attached hydrogens (primary N) is 1. The van der Waals surface area contributed by atoms with E-state index >= 15 is 0 Å². The number of aryl methyl sites for hydroxylation is 2. The molecule has 250 valence electrons. The van der Waals surface area contributed by atoms with Gasteiger partial charge in [0.15, 0.2) is 0 Å². The molecule has 3 nitrogen and oxygen atoms in total. The van der Waals surface area contributed by atoms with Gasteiger partial charge in [-0.05, 0) is 91.5 Å². The van der Waals surface area contributed by atoms with E-state index in [1.165, 1.54) is 79.3 Å². The number of benzene rings is 3. The van der Waals surface area contributed by atoms with Gasteiger partial charge in [0.05, 0.1) is 12.0 Å². The Morgan fingerprint density at radius 2 is 1.70 bits per heavy atom. The van der Waals surface area contributed by atoms with Gasteiger partial charge in [0.25, 0.3) is 0 Å². The first-order chi connectivity index (χ1) is 22.7. The average Bonchev–Trinajstić information content (AvgIpc) is 3.07. The molecule has 47 heavy (non-hydrogen) atoms. The van der Waals surface area contributed by atoms with Crippen LogP contribution in [0.3, 0.4) is 0 Å². The summed E-state index contributed by atoms with van der Waals surface area (Å²) in [6.45, 7) is 9.05. The minimum Gasteiger partial charge on any atom is -0.324 e. The maximum atomic E-state index is 13.8. The molecule has 2 N–H and O–H groups in total. The fourth-order valence-corrected chi connectivity index (χ4v) is 7.55. The summed E-state index contributed by atoms with van der Waals surface area (Å²) < 4.78 is 13.5. The number of allylic oxidation sites excluding steroid dienone is 3.